The quantitative estimate of drug-likeness (QED) is 0.322. The first-order valence-corrected chi connectivity index (χ1v) is 14.6. The van der Waals surface area contributed by atoms with E-state index in [1.807, 2.05) is 0 Å². The number of phenolic OH excluding ortho intramolecular Hbond substituents is 2. The molecule has 40 heavy (non-hydrogen) atoms. The number of rotatable bonds is 4. The van der Waals surface area contributed by atoms with E-state index in [0.717, 1.165) is 39.1 Å². The summed E-state index contributed by atoms with van der Waals surface area (Å²) in [4.78, 5) is 2.12. The summed E-state index contributed by atoms with van der Waals surface area (Å²) < 4.78 is 0. The number of aromatic hydroxyl groups is 2. The maximum absolute atomic E-state index is 11.5. The molecule has 0 aromatic heterocycles. The molecule has 0 aliphatic heterocycles. The van der Waals surface area contributed by atoms with Crippen molar-refractivity contribution in [2.45, 2.75) is 111 Å². The predicted octanol–water partition coefficient (Wildman–Crippen LogP) is 9.53. The molecule has 0 aliphatic carbocycles. The first-order valence-electron chi connectivity index (χ1n) is 14.6. The molecule has 3 aromatic rings. The molecule has 0 radical (unpaired) electrons. The Hall–Kier alpha value is -2.94. The van der Waals surface area contributed by atoms with E-state index in [0.29, 0.717) is 11.5 Å². The summed E-state index contributed by atoms with van der Waals surface area (Å²) >= 11 is 0. The Morgan fingerprint density at radius 3 is 0.975 bits per heavy atom. The number of hydrogen-bond acceptors (Lipinski definition) is 3. The van der Waals surface area contributed by atoms with Crippen molar-refractivity contribution in [2.24, 2.45) is 0 Å². The third-order valence-corrected chi connectivity index (χ3v) is 7.91. The van der Waals surface area contributed by atoms with E-state index < -0.39 is 0 Å². The van der Waals surface area contributed by atoms with Gasteiger partial charge in [-0.2, -0.15) is 0 Å². The zero-order chi connectivity index (χ0) is 30.6. The van der Waals surface area contributed by atoms with Crippen LogP contribution in [0.5, 0.6) is 11.5 Å². The van der Waals surface area contributed by atoms with Crippen molar-refractivity contribution in [3.05, 3.63) is 87.5 Å². The van der Waals surface area contributed by atoms with E-state index >= 15 is 0 Å². The third kappa shape index (κ3) is 6.51. The molecular weight excluding hydrogens is 490 g/mol. The molecule has 0 saturated carbocycles. The Balaban J connectivity index is 2.51. The number of anilines is 1. The van der Waals surface area contributed by atoms with Gasteiger partial charge in [0.05, 0.1) is 0 Å². The molecule has 0 amide bonds. The first kappa shape index (κ1) is 31.6. The number of phenols is 2. The number of benzene rings is 3. The van der Waals surface area contributed by atoms with Gasteiger partial charge < -0.3 is 15.1 Å². The number of hydrogen-bond donors (Lipinski definition) is 2. The van der Waals surface area contributed by atoms with Crippen molar-refractivity contribution >= 4 is 5.69 Å². The summed E-state index contributed by atoms with van der Waals surface area (Å²) in [5.74, 6) is 0.700. The van der Waals surface area contributed by atoms with E-state index in [2.05, 4.69) is 151 Å². The minimum Gasteiger partial charge on any atom is -0.507 e. The molecule has 3 aromatic carbocycles. The van der Waals surface area contributed by atoms with Gasteiger partial charge in [-0.15, -0.1) is 0 Å². The van der Waals surface area contributed by atoms with Crippen LogP contribution in [0.3, 0.4) is 0 Å². The van der Waals surface area contributed by atoms with E-state index in [9.17, 15) is 10.2 Å². The second-order valence-corrected chi connectivity index (χ2v) is 15.8. The van der Waals surface area contributed by atoms with Gasteiger partial charge >= 0.3 is 0 Å². The average Bonchev–Trinajstić information content (AvgIpc) is 2.78. The largest absolute Gasteiger partial charge is 0.507 e. The van der Waals surface area contributed by atoms with Crippen LogP contribution in [-0.2, 0) is 21.7 Å². The maximum Gasteiger partial charge on any atom is 0.123 e. The molecule has 0 atom stereocenters. The molecule has 0 bridgehead atoms. The molecule has 0 spiro atoms. The predicted molar refractivity (Wildman–Crippen MR) is 173 cm³/mol. The summed E-state index contributed by atoms with van der Waals surface area (Å²) in [5, 5.41) is 23.0. The van der Waals surface area contributed by atoms with Gasteiger partial charge in [-0.3, -0.25) is 0 Å². The lowest BCUT2D eigenvalue weighted by molar-refractivity contribution is 0.422. The van der Waals surface area contributed by atoms with Crippen molar-refractivity contribution in [2.75, 3.05) is 19.0 Å². The molecular formula is C37H53NO2. The van der Waals surface area contributed by atoms with Gasteiger partial charge in [-0.25, -0.2) is 0 Å². The summed E-state index contributed by atoms with van der Waals surface area (Å²) in [6, 6.07) is 17.6. The summed E-state index contributed by atoms with van der Waals surface area (Å²) in [6.45, 7) is 25.9. The van der Waals surface area contributed by atoms with E-state index in [4.69, 9.17) is 0 Å². The van der Waals surface area contributed by atoms with Crippen LogP contribution in [0.2, 0.25) is 0 Å². The highest BCUT2D eigenvalue weighted by Gasteiger charge is 2.32. The zero-order valence-corrected chi connectivity index (χ0v) is 27.5. The van der Waals surface area contributed by atoms with Crippen molar-refractivity contribution in [3.63, 3.8) is 0 Å². The van der Waals surface area contributed by atoms with Crippen LogP contribution in [0.4, 0.5) is 5.69 Å². The van der Waals surface area contributed by atoms with E-state index in [-0.39, 0.29) is 27.6 Å². The maximum atomic E-state index is 11.5. The highest BCUT2D eigenvalue weighted by Crippen LogP contribution is 2.47. The smallest absolute Gasteiger partial charge is 0.123 e. The SMILES string of the molecule is CN(C)c1ccc(C(c2cc(C(C)(C)C)c(O)c(C(C)(C)C)c2)c2cc(C(C)(C)C)c(O)c(C(C)(C)C)c2)cc1. The number of nitrogens with zero attached hydrogens (tertiary/aromatic N) is 1. The molecule has 2 N–H and O–H groups in total. The van der Waals surface area contributed by atoms with Crippen LogP contribution in [0.25, 0.3) is 0 Å². The summed E-state index contributed by atoms with van der Waals surface area (Å²) in [6.07, 6.45) is 0. The van der Waals surface area contributed by atoms with Gasteiger partial charge in [-0.1, -0.05) is 119 Å². The Bertz CT molecular complexity index is 1200. The lowest BCUT2D eigenvalue weighted by atomic mass is 9.73. The Morgan fingerprint density at radius 2 is 0.750 bits per heavy atom. The van der Waals surface area contributed by atoms with Crippen molar-refractivity contribution < 1.29 is 10.2 Å². The molecule has 0 aliphatic rings. The van der Waals surface area contributed by atoms with Gasteiger partial charge in [-0.05, 0) is 72.7 Å². The standard InChI is InChI=1S/C37H53NO2/c1-34(2,3)27-19-24(20-28(32(27)39)35(4,5)6)31(23-15-17-26(18-16-23)38(13)14)25-21-29(36(7,8)9)33(40)30(22-25)37(10,11)12/h15-22,31,39-40H,1-14H3. The van der Waals surface area contributed by atoms with Gasteiger partial charge in [0, 0.05) is 25.7 Å². The molecule has 3 heteroatoms. The van der Waals surface area contributed by atoms with E-state index in [1.54, 1.807) is 0 Å². The summed E-state index contributed by atoms with van der Waals surface area (Å²) in [7, 11) is 4.12. The molecule has 0 fully saturated rings. The highest BCUT2D eigenvalue weighted by atomic mass is 16.3. The fraction of sp³-hybridized carbons (Fsp3) is 0.514. The molecule has 0 heterocycles. The van der Waals surface area contributed by atoms with Crippen molar-refractivity contribution in [1.29, 1.82) is 0 Å². The minimum atomic E-state index is -0.235. The fourth-order valence-electron chi connectivity index (χ4n) is 5.48. The van der Waals surface area contributed by atoms with Crippen LogP contribution < -0.4 is 4.90 Å². The second-order valence-electron chi connectivity index (χ2n) is 15.8. The lowest BCUT2D eigenvalue weighted by Gasteiger charge is -2.32. The minimum absolute atomic E-state index is 0.0817. The highest BCUT2D eigenvalue weighted by molar-refractivity contribution is 5.59. The van der Waals surface area contributed by atoms with Crippen molar-refractivity contribution in [3.8, 4) is 11.5 Å². The summed E-state index contributed by atoms with van der Waals surface area (Å²) in [5.41, 5.74) is 7.51. The topological polar surface area (TPSA) is 43.7 Å². The molecule has 0 saturated heterocycles. The molecule has 3 rings (SSSR count). The molecule has 0 unspecified atom stereocenters. The van der Waals surface area contributed by atoms with Gasteiger partial charge in [0.25, 0.3) is 0 Å². The lowest BCUT2D eigenvalue weighted by Crippen LogP contribution is -2.20. The van der Waals surface area contributed by atoms with E-state index in [1.165, 1.54) is 5.56 Å². The van der Waals surface area contributed by atoms with Crippen molar-refractivity contribution in [1.82, 2.24) is 0 Å². The van der Waals surface area contributed by atoms with Crippen LogP contribution >= 0.6 is 0 Å². The zero-order valence-electron chi connectivity index (χ0n) is 27.5. The van der Waals surface area contributed by atoms with Gasteiger partial charge in [0.1, 0.15) is 11.5 Å². The van der Waals surface area contributed by atoms with Gasteiger partial charge in [0.2, 0.25) is 0 Å². The average molecular weight is 544 g/mol. The first-order chi connectivity index (χ1) is 18.0. The Morgan fingerprint density at radius 1 is 0.475 bits per heavy atom. The Kier molecular flexibility index (Phi) is 8.27. The molecule has 3 nitrogen and oxygen atoms in total. The second kappa shape index (κ2) is 10.5. The van der Waals surface area contributed by atoms with Crippen LogP contribution in [0.15, 0.2) is 48.5 Å². The Labute approximate surface area is 244 Å². The van der Waals surface area contributed by atoms with Crippen LogP contribution in [0.1, 0.15) is 128 Å². The van der Waals surface area contributed by atoms with Crippen LogP contribution in [-0.4, -0.2) is 24.3 Å². The monoisotopic (exact) mass is 543 g/mol. The van der Waals surface area contributed by atoms with Crippen LogP contribution in [0, 0.1) is 0 Å². The van der Waals surface area contributed by atoms with Gasteiger partial charge in [0.15, 0.2) is 0 Å². The normalized spacial score (nSPS) is 13.2. The molecule has 218 valence electrons. The third-order valence-electron chi connectivity index (χ3n) is 7.91. The fourth-order valence-corrected chi connectivity index (χ4v) is 5.48.